The van der Waals surface area contributed by atoms with Crippen LogP contribution in [0.15, 0.2) is 42.5 Å². The number of amides is 2. The average Bonchev–Trinajstić information content (AvgIpc) is 2.75. The second kappa shape index (κ2) is 13.0. The number of nitrogens with zero attached hydrogens (tertiary/aromatic N) is 1. The largest absolute Gasteiger partial charge is 0.463 e. The van der Waals surface area contributed by atoms with Crippen LogP contribution >= 0.6 is 0 Å². The lowest BCUT2D eigenvalue weighted by Gasteiger charge is -2.29. The molecule has 0 unspecified atom stereocenters. The number of ether oxygens (including phenoxy) is 1. The van der Waals surface area contributed by atoms with Gasteiger partial charge >= 0.3 is 5.97 Å². The van der Waals surface area contributed by atoms with E-state index < -0.39 is 11.5 Å². The summed E-state index contributed by atoms with van der Waals surface area (Å²) in [7, 11) is 0. The molecule has 0 bridgehead atoms. The van der Waals surface area contributed by atoms with E-state index in [1.165, 1.54) is 0 Å². The first-order valence-electron chi connectivity index (χ1n) is 11.4. The molecule has 0 saturated heterocycles. The summed E-state index contributed by atoms with van der Waals surface area (Å²) < 4.78 is 5.33. The van der Waals surface area contributed by atoms with Gasteiger partial charge in [-0.1, -0.05) is 42.5 Å². The molecule has 0 fully saturated rings. The summed E-state index contributed by atoms with van der Waals surface area (Å²) in [6.07, 6.45) is 7.25. The van der Waals surface area contributed by atoms with Gasteiger partial charge in [0.05, 0.1) is 18.1 Å². The predicted octanol–water partition coefficient (Wildman–Crippen LogP) is 2.97. The summed E-state index contributed by atoms with van der Waals surface area (Å²) in [6.45, 7) is 4.12. The normalized spacial score (nSPS) is 20.0. The highest BCUT2D eigenvalue weighted by Gasteiger charge is 2.29. The van der Waals surface area contributed by atoms with Gasteiger partial charge in [0.15, 0.2) is 0 Å². The summed E-state index contributed by atoms with van der Waals surface area (Å²) in [4.78, 5) is 39.6. The van der Waals surface area contributed by atoms with Gasteiger partial charge in [-0.2, -0.15) is 0 Å². The fourth-order valence-electron chi connectivity index (χ4n) is 3.55. The molecule has 0 saturated carbocycles. The number of carbonyl (C=O) groups excluding carboxylic acids is 3. The van der Waals surface area contributed by atoms with Crippen molar-refractivity contribution in [2.24, 2.45) is 5.92 Å². The molecule has 1 heterocycles. The number of allylic oxidation sites excluding steroid dienone is 2. The zero-order valence-corrected chi connectivity index (χ0v) is 19.2. The number of carbonyl (C=O) groups is 3. The fraction of sp³-hybridized carbons (Fsp3) is 0.560. The number of aliphatic hydroxyl groups excluding tert-OH is 1. The maximum Gasteiger partial charge on any atom is 0.305 e. The molecule has 0 aromatic heterocycles. The van der Waals surface area contributed by atoms with Crippen LogP contribution < -0.4 is 5.32 Å². The lowest BCUT2D eigenvalue weighted by atomic mass is 9.96. The van der Waals surface area contributed by atoms with E-state index in [2.05, 4.69) is 5.32 Å². The summed E-state index contributed by atoms with van der Waals surface area (Å²) in [6, 6.07) is 9.58. The van der Waals surface area contributed by atoms with Crippen molar-refractivity contribution >= 4 is 17.8 Å². The molecule has 2 rings (SSSR count). The molecule has 1 aromatic carbocycles. The number of nitrogens with one attached hydrogen (secondary N) is 1. The van der Waals surface area contributed by atoms with E-state index in [1.54, 1.807) is 18.7 Å². The van der Waals surface area contributed by atoms with Crippen LogP contribution in [0.4, 0.5) is 0 Å². The number of rotatable bonds is 6. The number of cyclic esters (lactones) is 1. The quantitative estimate of drug-likeness (QED) is 0.520. The Labute approximate surface area is 190 Å². The van der Waals surface area contributed by atoms with E-state index in [-0.39, 0.29) is 44.0 Å². The first-order chi connectivity index (χ1) is 15.3. The fourth-order valence-corrected chi connectivity index (χ4v) is 3.55. The minimum atomic E-state index is -0.739. The van der Waals surface area contributed by atoms with Crippen LogP contribution in [0.25, 0.3) is 0 Å². The molecule has 176 valence electrons. The third kappa shape index (κ3) is 9.22. The van der Waals surface area contributed by atoms with Gasteiger partial charge in [-0.3, -0.25) is 14.4 Å². The van der Waals surface area contributed by atoms with Crippen LogP contribution in [0, 0.1) is 5.92 Å². The Balaban J connectivity index is 2.12. The summed E-state index contributed by atoms with van der Waals surface area (Å²) in [5.74, 6) is -1.24. The van der Waals surface area contributed by atoms with E-state index in [0.29, 0.717) is 19.4 Å². The molecule has 7 heteroatoms. The highest BCUT2D eigenvalue weighted by Crippen LogP contribution is 2.18. The van der Waals surface area contributed by atoms with Gasteiger partial charge in [0.25, 0.3) is 0 Å². The molecule has 1 aliphatic rings. The molecular formula is C25H36N2O5. The Morgan fingerprint density at radius 1 is 1.19 bits per heavy atom. The van der Waals surface area contributed by atoms with E-state index in [9.17, 15) is 19.5 Å². The minimum absolute atomic E-state index is 0.0406. The Morgan fingerprint density at radius 2 is 1.94 bits per heavy atom. The minimum Gasteiger partial charge on any atom is -0.463 e. The van der Waals surface area contributed by atoms with E-state index >= 15 is 0 Å². The van der Waals surface area contributed by atoms with E-state index in [4.69, 9.17) is 4.74 Å². The molecule has 0 radical (unpaired) electrons. The summed E-state index contributed by atoms with van der Waals surface area (Å²) >= 11 is 0. The molecule has 1 aliphatic heterocycles. The number of hydrogen-bond donors (Lipinski definition) is 2. The van der Waals surface area contributed by atoms with Crippen LogP contribution in [0.1, 0.15) is 57.9 Å². The van der Waals surface area contributed by atoms with Gasteiger partial charge in [-0.05, 0) is 45.1 Å². The van der Waals surface area contributed by atoms with E-state index in [1.807, 2.05) is 42.5 Å². The number of hydrogen-bond acceptors (Lipinski definition) is 5. The lowest BCUT2D eigenvalue weighted by molar-refractivity contribution is -0.147. The van der Waals surface area contributed by atoms with Crippen molar-refractivity contribution in [3.8, 4) is 0 Å². The monoisotopic (exact) mass is 444 g/mol. The van der Waals surface area contributed by atoms with Crippen LogP contribution in [-0.2, 0) is 25.7 Å². The molecule has 2 N–H and O–H groups in total. The Hall–Kier alpha value is -2.67. The zero-order chi connectivity index (χ0) is 23.4. The molecule has 1 atom stereocenters. The SMILES string of the molecule is CC1(C)COC(=O)CCCCC=CC[C@H](CC(=O)N(CCO)Cc2ccccc2)C(=O)N1. The maximum absolute atomic E-state index is 13.1. The van der Waals surface area contributed by atoms with E-state index in [0.717, 1.165) is 24.8 Å². The summed E-state index contributed by atoms with van der Waals surface area (Å²) in [5, 5.41) is 12.4. The van der Waals surface area contributed by atoms with Gasteiger partial charge < -0.3 is 20.1 Å². The van der Waals surface area contributed by atoms with Crippen molar-refractivity contribution in [2.45, 2.75) is 64.5 Å². The molecule has 2 amide bonds. The topological polar surface area (TPSA) is 95.9 Å². The zero-order valence-electron chi connectivity index (χ0n) is 19.2. The van der Waals surface area contributed by atoms with Gasteiger partial charge in [-0.25, -0.2) is 0 Å². The predicted molar refractivity (Wildman–Crippen MR) is 122 cm³/mol. The molecular weight excluding hydrogens is 408 g/mol. The van der Waals surface area contributed by atoms with Crippen molar-refractivity contribution in [1.29, 1.82) is 0 Å². The first kappa shape index (κ1) is 25.6. The van der Waals surface area contributed by atoms with Gasteiger partial charge in [0.1, 0.15) is 6.61 Å². The second-order valence-electron chi connectivity index (χ2n) is 8.91. The Morgan fingerprint density at radius 3 is 2.66 bits per heavy atom. The standard InChI is InChI=1S/C25H36N2O5/c1-25(2)19-32-23(30)14-10-5-3-4-9-13-21(24(31)26-25)17-22(29)27(15-16-28)18-20-11-7-6-8-12-20/h4,6-9,11-12,21,28H,3,5,10,13-19H2,1-2H3,(H,26,31)/t21-/m1/s1. The summed E-state index contributed by atoms with van der Waals surface area (Å²) in [5.41, 5.74) is 0.226. The highest BCUT2D eigenvalue weighted by atomic mass is 16.5. The molecule has 7 nitrogen and oxygen atoms in total. The van der Waals surface area contributed by atoms with Gasteiger partial charge in [0.2, 0.25) is 11.8 Å². The van der Waals surface area contributed by atoms with Gasteiger partial charge in [0, 0.05) is 25.9 Å². The molecule has 1 aromatic rings. The number of esters is 1. The number of benzene rings is 1. The van der Waals surface area contributed by atoms with Crippen molar-refractivity contribution in [3.05, 3.63) is 48.0 Å². The van der Waals surface area contributed by atoms with Crippen LogP contribution in [0.2, 0.25) is 0 Å². The average molecular weight is 445 g/mol. The maximum atomic E-state index is 13.1. The van der Waals surface area contributed by atoms with Crippen LogP contribution in [0.5, 0.6) is 0 Å². The number of aliphatic hydroxyl groups is 1. The first-order valence-corrected chi connectivity index (χ1v) is 11.4. The molecule has 32 heavy (non-hydrogen) atoms. The Bertz CT molecular complexity index is 776. The highest BCUT2D eigenvalue weighted by molar-refractivity contribution is 5.86. The van der Waals surface area contributed by atoms with Gasteiger partial charge in [-0.15, -0.1) is 0 Å². The second-order valence-corrected chi connectivity index (χ2v) is 8.91. The molecule has 0 spiro atoms. The van der Waals surface area contributed by atoms with Crippen molar-refractivity contribution in [2.75, 3.05) is 19.8 Å². The van der Waals surface area contributed by atoms with Crippen LogP contribution in [-0.4, -0.2) is 53.1 Å². The molecule has 0 aliphatic carbocycles. The van der Waals surface area contributed by atoms with Crippen LogP contribution in [0.3, 0.4) is 0 Å². The third-order valence-corrected chi connectivity index (χ3v) is 5.38. The van der Waals surface area contributed by atoms with Crippen molar-refractivity contribution in [1.82, 2.24) is 10.2 Å². The Kier molecular flexibility index (Phi) is 10.4. The van der Waals surface area contributed by atoms with Crippen molar-refractivity contribution < 1.29 is 24.2 Å². The lowest BCUT2D eigenvalue weighted by Crippen LogP contribution is -2.50. The third-order valence-electron chi connectivity index (χ3n) is 5.38. The van der Waals surface area contributed by atoms with Crippen molar-refractivity contribution in [3.63, 3.8) is 0 Å². The smallest absolute Gasteiger partial charge is 0.305 e.